The van der Waals surface area contributed by atoms with Crippen molar-refractivity contribution in [3.63, 3.8) is 0 Å². The van der Waals surface area contributed by atoms with Crippen molar-refractivity contribution in [3.05, 3.63) is 23.5 Å². The topological polar surface area (TPSA) is 48.1 Å². The van der Waals surface area contributed by atoms with E-state index in [1.54, 1.807) is 0 Å². The molecule has 2 rings (SSSR count). The summed E-state index contributed by atoms with van der Waals surface area (Å²) in [5.41, 5.74) is 1.74. The molecule has 1 amide bonds. The van der Waals surface area contributed by atoms with Gasteiger partial charge < -0.3 is 15.2 Å². The van der Waals surface area contributed by atoms with Crippen molar-refractivity contribution in [2.45, 2.75) is 19.9 Å². The maximum Gasteiger partial charge on any atom is 0.255 e. The lowest BCUT2D eigenvalue weighted by Crippen LogP contribution is -2.52. The van der Waals surface area contributed by atoms with E-state index in [4.69, 9.17) is 0 Å². The number of carbonyl (C=O) groups is 1. The molecule has 2 heterocycles. The van der Waals surface area contributed by atoms with Gasteiger partial charge >= 0.3 is 0 Å². The zero-order chi connectivity index (χ0) is 10.8. The highest BCUT2D eigenvalue weighted by Gasteiger charge is 2.25. The Labute approximate surface area is 89.7 Å². The first-order valence-electron chi connectivity index (χ1n) is 5.36. The molecule has 0 aliphatic carbocycles. The van der Waals surface area contributed by atoms with Crippen LogP contribution in [0.3, 0.4) is 0 Å². The minimum absolute atomic E-state index is 0.141. The number of aromatic nitrogens is 1. The summed E-state index contributed by atoms with van der Waals surface area (Å²) in [7, 11) is 0. The number of rotatable bonds is 1. The van der Waals surface area contributed by atoms with Gasteiger partial charge in [0.25, 0.3) is 5.91 Å². The van der Waals surface area contributed by atoms with Crippen LogP contribution >= 0.6 is 0 Å². The van der Waals surface area contributed by atoms with E-state index in [0.29, 0.717) is 0 Å². The van der Waals surface area contributed by atoms with Gasteiger partial charge in [-0.15, -0.1) is 0 Å². The number of hydrogen-bond donors (Lipinski definition) is 2. The van der Waals surface area contributed by atoms with Crippen molar-refractivity contribution >= 4 is 5.91 Å². The number of H-pyrrole nitrogens is 1. The molecular formula is C11H17N3O. The van der Waals surface area contributed by atoms with Crippen LogP contribution in [0.2, 0.25) is 0 Å². The molecule has 1 fully saturated rings. The zero-order valence-electron chi connectivity index (χ0n) is 9.21. The van der Waals surface area contributed by atoms with Gasteiger partial charge in [0.1, 0.15) is 0 Å². The maximum atomic E-state index is 12.2. The molecular weight excluding hydrogens is 190 g/mol. The number of nitrogens with zero attached hydrogens (tertiary/aromatic N) is 1. The fourth-order valence-electron chi connectivity index (χ4n) is 1.98. The molecule has 0 unspecified atom stereocenters. The molecule has 2 N–H and O–H groups in total. The number of aryl methyl sites for hydroxylation is 1. The van der Waals surface area contributed by atoms with Crippen LogP contribution in [0, 0.1) is 6.92 Å². The average Bonchev–Trinajstić information content (AvgIpc) is 2.64. The Morgan fingerprint density at radius 1 is 1.60 bits per heavy atom. The molecule has 0 aromatic carbocycles. The van der Waals surface area contributed by atoms with Gasteiger partial charge in [-0.3, -0.25) is 4.79 Å². The normalized spacial score (nSPS) is 21.7. The van der Waals surface area contributed by atoms with E-state index in [1.165, 1.54) is 0 Å². The molecule has 4 nitrogen and oxygen atoms in total. The molecule has 1 aliphatic heterocycles. The average molecular weight is 207 g/mol. The zero-order valence-corrected chi connectivity index (χ0v) is 9.21. The van der Waals surface area contributed by atoms with E-state index in [0.717, 1.165) is 30.9 Å². The lowest BCUT2D eigenvalue weighted by molar-refractivity contribution is 0.0655. The van der Waals surface area contributed by atoms with Gasteiger partial charge in [-0.1, -0.05) is 0 Å². The molecule has 1 aromatic rings. The van der Waals surface area contributed by atoms with Gasteiger partial charge in [-0.05, 0) is 19.9 Å². The van der Waals surface area contributed by atoms with E-state index in [-0.39, 0.29) is 11.9 Å². The Bertz CT molecular complexity index is 358. The van der Waals surface area contributed by atoms with Gasteiger partial charge in [-0.25, -0.2) is 0 Å². The number of hydrogen-bond acceptors (Lipinski definition) is 2. The highest BCUT2D eigenvalue weighted by Crippen LogP contribution is 2.12. The van der Waals surface area contributed by atoms with Gasteiger partial charge in [0.15, 0.2) is 0 Å². The molecule has 1 aromatic heterocycles. The van der Waals surface area contributed by atoms with Gasteiger partial charge in [0, 0.05) is 37.6 Å². The third-order valence-electron chi connectivity index (χ3n) is 2.95. The Morgan fingerprint density at radius 3 is 3.00 bits per heavy atom. The van der Waals surface area contributed by atoms with E-state index in [9.17, 15) is 4.79 Å². The van der Waals surface area contributed by atoms with Crippen LogP contribution in [0.5, 0.6) is 0 Å². The summed E-state index contributed by atoms with van der Waals surface area (Å²) in [5.74, 6) is 0.141. The van der Waals surface area contributed by atoms with E-state index >= 15 is 0 Å². The first-order chi connectivity index (χ1) is 7.20. The smallest absolute Gasteiger partial charge is 0.255 e. The van der Waals surface area contributed by atoms with Crippen molar-refractivity contribution in [2.24, 2.45) is 0 Å². The molecule has 15 heavy (non-hydrogen) atoms. The summed E-state index contributed by atoms with van der Waals surface area (Å²) in [6.07, 6.45) is 1.81. The molecule has 82 valence electrons. The second kappa shape index (κ2) is 4.06. The summed E-state index contributed by atoms with van der Waals surface area (Å²) in [5, 5.41) is 3.28. The Morgan fingerprint density at radius 2 is 2.40 bits per heavy atom. The summed E-state index contributed by atoms with van der Waals surface area (Å²) >= 11 is 0. The van der Waals surface area contributed by atoms with Gasteiger partial charge in [-0.2, -0.15) is 0 Å². The SMILES string of the molecule is Cc1[nH]ccc1C(=O)N1CCNC[C@H]1C. The van der Waals surface area contributed by atoms with Crippen LogP contribution in [-0.4, -0.2) is 41.5 Å². The van der Waals surface area contributed by atoms with Crippen LogP contribution < -0.4 is 5.32 Å². The quantitative estimate of drug-likeness (QED) is 0.714. The molecule has 1 saturated heterocycles. The highest BCUT2D eigenvalue weighted by molar-refractivity contribution is 5.95. The van der Waals surface area contributed by atoms with E-state index < -0.39 is 0 Å². The maximum absolute atomic E-state index is 12.2. The summed E-state index contributed by atoms with van der Waals surface area (Å²) in [6, 6.07) is 2.13. The second-order valence-corrected chi connectivity index (χ2v) is 4.07. The van der Waals surface area contributed by atoms with Crippen molar-refractivity contribution in [1.29, 1.82) is 0 Å². The lowest BCUT2D eigenvalue weighted by Gasteiger charge is -2.34. The fraction of sp³-hybridized carbons (Fsp3) is 0.545. The van der Waals surface area contributed by atoms with Crippen molar-refractivity contribution in [3.8, 4) is 0 Å². The Hall–Kier alpha value is -1.29. The minimum Gasteiger partial charge on any atom is -0.365 e. The third kappa shape index (κ3) is 1.90. The van der Waals surface area contributed by atoms with Crippen molar-refractivity contribution < 1.29 is 4.79 Å². The molecule has 0 spiro atoms. The van der Waals surface area contributed by atoms with Crippen molar-refractivity contribution in [2.75, 3.05) is 19.6 Å². The van der Waals surface area contributed by atoms with E-state index in [2.05, 4.69) is 17.2 Å². The Balaban J connectivity index is 2.17. The molecule has 1 atom stereocenters. The third-order valence-corrected chi connectivity index (χ3v) is 2.95. The summed E-state index contributed by atoms with van der Waals surface area (Å²) < 4.78 is 0. The number of aromatic amines is 1. The van der Waals surface area contributed by atoms with Crippen LogP contribution in [0.15, 0.2) is 12.3 Å². The number of amides is 1. The number of carbonyl (C=O) groups excluding carboxylic acids is 1. The predicted molar refractivity (Wildman–Crippen MR) is 58.9 cm³/mol. The molecule has 0 radical (unpaired) electrons. The summed E-state index contributed by atoms with van der Waals surface area (Å²) in [6.45, 7) is 6.57. The van der Waals surface area contributed by atoms with Gasteiger partial charge in [0.2, 0.25) is 0 Å². The summed E-state index contributed by atoms with van der Waals surface area (Å²) in [4.78, 5) is 17.1. The van der Waals surface area contributed by atoms with Gasteiger partial charge in [0.05, 0.1) is 5.56 Å². The Kier molecular flexibility index (Phi) is 2.77. The molecule has 0 saturated carbocycles. The fourth-order valence-corrected chi connectivity index (χ4v) is 1.98. The van der Waals surface area contributed by atoms with Crippen LogP contribution in [0.1, 0.15) is 23.0 Å². The lowest BCUT2D eigenvalue weighted by atomic mass is 10.1. The second-order valence-electron chi connectivity index (χ2n) is 4.07. The largest absolute Gasteiger partial charge is 0.365 e. The number of piperazine rings is 1. The molecule has 4 heteroatoms. The van der Waals surface area contributed by atoms with Crippen LogP contribution in [0.25, 0.3) is 0 Å². The first-order valence-corrected chi connectivity index (χ1v) is 5.36. The first kappa shape index (κ1) is 10.2. The van der Waals surface area contributed by atoms with Crippen LogP contribution in [-0.2, 0) is 0 Å². The van der Waals surface area contributed by atoms with Crippen molar-refractivity contribution in [1.82, 2.24) is 15.2 Å². The molecule has 1 aliphatic rings. The van der Waals surface area contributed by atoms with E-state index in [1.807, 2.05) is 24.1 Å². The number of nitrogens with one attached hydrogen (secondary N) is 2. The monoisotopic (exact) mass is 207 g/mol. The standard InChI is InChI=1S/C11H17N3O/c1-8-7-12-5-6-14(8)11(15)10-3-4-13-9(10)2/h3-4,8,12-13H,5-7H2,1-2H3/t8-/m1/s1. The van der Waals surface area contributed by atoms with Crippen LogP contribution in [0.4, 0.5) is 0 Å². The predicted octanol–water partition coefficient (Wildman–Crippen LogP) is 0.757. The molecule has 0 bridgehead atoms. The minimum atomic E-state index is 0.141. The highest BCUT2D eigenvalue weighted by atomic mass is 16.2.